The van der Waals surface area contributed by atoms with Crippen molar-refractivity contribution in [3.05, 3.63) is 0 Å². The van der Waals surface area contributed by atoms with E-state index in [1.807, 2.05) is 0 Å². The Balaban J connectivity index is 0. The first-order valence-corrected chi connectivity index (χ1v) is 4.65. The van der Waals surface area contributed by atoms with Gasteiger partial charge in [0.2, 0.25) is 0 Å². The van der Waals surface area contributed by atoms with E-state index in [2.05, 4.69) is 0 Å². The SMILES string of the molecule is Br.FC(F)(F)C(F)(F)C[CH2][Zn]. The van der Waals surface area contributed by atoms with Gasteiger partial charge >= 0.3 is 63.8 Å². The molecule has 0 bridgehead atoms. The van der Waals surface area contributed by atoms with Gasteiger partial charge in [0.05, 0.1) is 0 Å². The molecule has 0 aliphatic heterocycles. The summed E-state index contributed by atoms with van der Waals surface area (Å²) < 4.78 is 57.5. The molecule has 0 N–H and O–H groups in total. The summed E-state index contributed by atoms with van der Waals surface area (Å²) in [7, 11) is 0. The molecule has 0 spiro atoms. The van der Waals surface area contributed by atoms with Gasteiger partial charge in [0.25, 0.3) is 0 Å². The first-order valence-electron chi connectivity index (χ1n) is 2.55. The predicted molar refractivity (Wildman–Crippen MR) is 30.7 cm³/mol. The van der Waals surface area contributed by atoms with Crippen LogP contribution in [0.3, 0.4) is 0 Å². The monoisotopic (exact) mass is 291 g/mol. The van der Waals surface area contributed by atoms with Crippen molar-refractivity contribution in [1.29, 1.82) is 0 Å². The van der Waals surface area contributed by atoms with E-state index in [1.54, 1.807) is 0 Å². The minimum atomic E-state index is -5.37. The average Bonchev–Trinajstić information content (AvgIpc) is 1.61. The summed E-state index contributed by atoms with van der Waals surface area (Å²) in [6.45, 7) is 0. The molecular weight excluding hydrogens is 288 g/mol. The molecule has 0 fully saturated rings. The summed E-state index contributed by atoms with van der Waals surface area (Å²) in [6, 6.07) is 0. The van der Waals surface area contributed by atoms with Crippen LogP contribution in [0.5, 0.6) is 0 Å². The Bertz CT molecular complexity index is 112. The molecule has 0 aromatic heterocycles. The van der Waals surface area contributed by atoms with Crippen LogP contribution in [0.4, 0.5) is 22.0 Å². The first kappa shape index (κ1) is 14.3. The Hall–Kier alpha value is 0.753. The summed E-state index contributed by atoms with van der Waals surface area (Å²) in [5.41, 5.74) is 0. The van der Waals surface area contributed by atoms with Crippen LogP contribution in [0, 0.1) is 0 Å². The standard InChI is InChI=1S/C4H4F5.BrH.Zn/c1-2-3(5,6)4(7,8)9;;/h1-2H2;1H;. The maximum absolute atomic E-state index is 11.8. The molecule has 0 atom stereocenters. The van der Waals surface area contributed by atoms with Crippen molar-refractivity contribution < 1.29 is 40.3 Å². The fraction of sp³-hybridized carbons (Fsp3) is 1.00. The number of halogens is 6. The molecule has 0 saturated carbocycles. The van der Waals surface area contributed by atoms with Crippen LogP contribution in [-0.2, 0) is 18.3 Å². The summed E-state index contributed by atoms with van der Waals surface area (Å²) in [5, 5.41) is -0.0491. The van der Waals surface area contributed by atoms with Crippen LogP contribution >= 0.6 is 17.0 Å². The first-order chi connectivity index (χ1) is 4.31. The molecule has 0 unspecified atom stereocenters. The van der Waals surface area contributed by atoms with Crippen LogP contribution < -0.4 is 0 Å². The molecule has 0 aliphatic carbocycles. The van der Waals surface area contributed by atoms with Gasteiger partial charge in [-0.25, -0.2) is 0 Å². The summed E-state index contributed by atoms with van der Waals surface area (Å²) in [5.74, 6) is -4.48. The fourth-order valence-corrected chi connectivity index (χ4v) is 1.30. The van der Waals surface area contributed by atoms with E-state index < -0.39 is 18.5 Å². The summed E-state index contributed by atoms with van der Waals surface area (Å²) >= 11 is 0.464. The summed E-state index contributed by atoms with van der Waals surface area (Å²) in [4.78, 5) is 0. The van der Waals surface area contributed by atoms with Crippen molar-refractivity contribution in [3.63, 3.8) is 0 Å². The van der Waals surface area contributed by atoms with Crippen molar-refractivity contribution in [2.45, 2.75) is 23.5 Å². The normalized spacial score (nSPS) is 12.6. The zero-order chi connectivity index (χ0) is 8.41. The van der Waals surface area contributed by atoms with E-state index in [1.165, 1.54) is 0 Å². The molecule has 0 aromatic rings. The van der Waals surface area contributed by atoms with Gasteiger partial charge < -0.3 is 0 Å². The molecule has 0 saturated heterocycles. The van der Waals surface area contributed by atoms with Gasteiger partial charge in [-0.15, -0.1) is 17.0 Å². The second kappa shape index (κ2) is 4.70. The van der Waals surface area contributed by atoms with Crippen LogP contribution in [-0.4, -0.2) is 12.1 Å². The van der Waals surface area contributed by atoms with E-state index >= 15 is 0 Å². The zero-order valence-corrected chi connectivity index (χ0v) is 10.1. The van der Waals surface area contributed by atoms with Gasteiger partial charge in [-0.1, -0.05) is 0 Å². The quantitative estimate of drug-likeness (QED) is 0.542. The van der Waals surface area contributed by atoms with Crippen molar-refractivity contribution in [2.24, 2.45) is 0 Å². The third kappa shape index (κ3) is 4.36. The Morgan fingerprint density at radius 2 is 1.36 bits per heavy atom. The second-order valence-electron chi connectivity index (χ2n) is 1.81. The van der Waals surface area contributed by atoms with E-state index in [9.17, 15) is 22.0 Å². The van der Waals surface area contributed by atoms with Gasteiger partial charge in [-0.3, -0.25) is 0 Å². The Kier molecular flexibility index (Phi) is 6.10. The van der Waals surface area contributed by atoms with Gasteiger partial charge in [-0.2, -0.15) is 0 Å². The van der Waals surface area contributed by atoms with Gasteiger partial charge in [0.1, 0.15) is 0 Å². The molecule has 7 heteroatoms. The van der Waals surface area contributed by atoms with E-state index in [-0.39, 0.29) is 22.0 Å². The van der Waals surface area contributed by atoms with Crippen molar-refractivity contribution in [1.82, 2.24) is 0 Å². The van der Waals surface area contributed by atoms with Crippen LogP contribution in [0.15, 0.2) is 0 Å². The molecule has 0 aliphatic rings. The summed E-state index contributed by atoms with van der Waals surface area (Å²) in [6.07, 6.45) is -6.44. The number of hydrogen-bond acceptors (Lipinski definition) is 0. The number of alkyl halides is 5. The minimum absolute atomic E-state index is 0. The van der Waals surface area contributed by atoms with Crippen LogP contribution in [0.1, 0.15) is 6.42 Å². The second-order valence-corrected chi connectivity index (χ2v) is 3.29. The Morgan fingerprint density at radius 3 is 1.45 bits per heavy atom. The molecule has 0 nitrogen and oxygen atoms in total. The van der Waals surface area contributed by atoms with E-state index in [4.69, 9.17) is 0 Å². The fourth-order valence-electron chi connectivity index (χ4n) is 0.364. The predicted octanol–water partition coefficient (Wildman–Crippen LogP) is 3.12. The van der Waals surface area contributed by atoms with Crippen molar-refractivity contribution in [2.75, 3.05) is 0 Å². The molecule has 0 radical (unpaired) electrons. The molecule has 11 heavy (non-hydrogen) atoms. The third-order valence-corrected chi connectivity index (χ3v) is 1.65. The molecule has 0 amide bonds. The number of hydrogen-bond donors (Lipinski definition) is 0. The zero-order valence-electron chi connectivity index (χ0n) is 5.42. The third-order valence-electron chi connectivity index (χ3n) is 0.905. The van der Waals surface area contributed by atoms with Crippen molar-refractivity contribution >= 4 is 17.0 Å². The molecule has 65 valence electrons. The Labute approximate surface area is 81.0 Å². The topological polar surface area (TPSA) is 0 Å². The van der Waals surface area contributed by atoms with E-state index in [0.29, 0.717) is 18.3 Å². The Morgan fingerprint density at radius 1 is 1.00 bits per heavy atom. The molecule has 0 rings (SSSR count). The average molecular weight is 293 g/mol. The van der Waals surface area contributed by atoms with Crippen LogP contribution in [0.25, 0.3) is 0 Å². The molecule has 0 aromatic carbocycles. The molecule has 0 heterocycles. The molecular formula is C4H5BrF5Zn. The number of rotatable bonds is 2. The van der Waals surface area contributed by atoms with Crippen LogP contribution in [0.2, 0.25) is 5.02 Å². The van der Waals surface area contributed by atoms with Gasteiger partial charge in [-0.05, 0) is 0 Å². The van der Waals surface area contributed by atoms with E-state index in [0.717, 1.165) is 0 Å². The van der Waals surface area contributed by atoms with Crippen molar-refractivity contribution in [3.8, 4) is 0 Å². The van der Waals surface area contributed by atoms with Gasteiger partial charge in [0, 0.05) is 0 Å². The van der Waals surface area contributed by atoms with Gasteiger partial charge in [0.15, 0.2) is 0 Å². The maximum atomic E-state index is 11.8.